The van der Waals surface area contributed by atoms with Gasteiger partial charge < -0.3 is 4.74 Å². The Bertz CT molecular complexity index is 974. The minimum Gasteiger partial charge on any atom is -0.469 e. The van der Waals surface area contributed by atoms with Crippen LogP contribution < -0.4 is 5.56 Å². The van der Waals surface area contributed by atoms with Crippen LogP contribution >= 0.6 is 11.3 Å². The fourth-order valence-corrected chi connectivity index (χ4v) is 3.95. The van der Waals surface area contributed by atoms with Gasteiger partial charge in [-0.2, -0.15) is 0 Å². The maximum Gasteiger partial charge on any atom is 0.305 e. The zero-order valence-corrected chi connectivity index (χ0v) is 16.0. The lowest BCUT2D eigenvalue weighted by atomic mass is 10.1. The van der Waals surface area contributed by atoms with Crippen molar-refractivity contribution in [2.45, 2.75) is 39.2 Å². The minimum atomic E-state index is -0.264. The van der Waals surface area contributed by atoms with Crippen LogP contribution in [-0.4, -0.2) is 22.6 Å². The molecular weight excluding hydrogens is 348 g/mol. The zero-order chi connectivity index (χ0) is 18.7. The van der Waals surface area contributed by atoms with E-state index in [2.05, 4.69) is 4.74 Å². The van der Waals surface area contributed by atoms with E-state index >= 15 is 0 Å². The molecule has 0 unspecified atom stereocenters. The summed E-state index contributed by atoms with van der Waals surface area (Å²) in [5.41, 5.74) is 1.04. The molecule has 1 aromatic carbocycles. The van der Waals surface area contributed by atoms with Crippen molar-refractivity contribution < 1.29 is 9.53 Å². The second-order valence-electron chi connectivity index (χ2n) is 6.46. The second-order valence-corrected chi connectivity index (χ2v) is 7.49. The van der Waals surface area contributed by atoms with Crippen molar-refractivity contribution in [2.75, 3.05) is 7.11 Å². The molecule has 5 nitrogen and oxygen atoms in total. The molecule has 0 aliphatic rings. The molecule has 0 fully saturated rings. The molecule has 136 valence electrons. The van der Waals surface area contributed by atoms with Gasteiger partial charge in [0.25, 0.3) is 5.56 Å². The third kappa shape index (κ3) is 3.70. The van der Waals surface area contributed by atoms with Crippen molar-refractivity contribution in [1.29, 1.82) is 0 Å². The summed E-state index contributed by atoms with van der Waals surface area (Å²) < 4.78 is 6.38. The lowest BCUT2D eigenvalue weighted by Crippen LogP contribution is -2.26. The molecule has 2 heterocycles. The Hall–Kier alpha value is -2.47. The van der Waals surface area contributed by atoms with E-state index in [-0.39, 0.29) is 23.9 Å². The van der Waals surface area contributed by atoms with Gasteiger partial charge in [0.2, 0.25) is 0 Å². The van der Waals surface area contributed by atoms with Crippen LogP contribution in [0.1, 0.15) is 38.4 Å². The van der Waals surface area contributed by atoms with Gasteiger partial charge in [-0.05, 0) is 18.1 Å². The van der Waals surface area contributed by atoms with Gasteiger partial charge in [-0.1, -0.05) is 44.2 Å². The smallest absolute Gasteiger partial charge is 0.305 e. The summed E-state index contributed by atoms with van der Waals surface area (Å²) in [4.78, 5) is 31.0. The van der Waals surface area contributed by atoms with E-state index in [1.54, 1.807) is 4.57 Å². The third-order valence-corrected chi connectivity index (χ3v) is 5.32. The fourth-order valence-electron chi connectivity index (χ4n) is 2.92. The Morgan fingerprint density at radius 1 is 1.27 bits per heavy atom. The van der Waals surface area contributed by atoms with E-state index in [1.165, 1.54) is 18.4 Å². The largest absolute Gasteiger partial charge is 0.469 e. The number of carbonyl (C=O) groups is 1. The number of hydrogen-bond acceptors (Lipinski definition) is 5. The van der Waals surface area contributed by atoms with Crippen LogP contribution in [0.2, 0.25) is 0 Å². The molecule has 0 saturated heterocycles. The molecule has 2 aromatic heterocycles. The highest BCUT2D eigenvalue weighted by molar-refractivity contribution is 7.21. The van der Waals surface area contributed by atoms with Crippen molar-refractivity contribution in [2.24, 2.45) is 0 Å². The minimum absolute atomic E-state index is 0.0398. The Morgan fingerprint density at radius 2 is 2.00 bits per heavy atom. The summed E-state index contributed by atoms with van der Waals surface area (Å²) in [7, 11) is 1.37. The lowest BCUT2D eigenvalue weighted by molar-refractivity contribution is -0.140. The first kappa shape index (κ1) is 18.3. The number of ether oxygens (including phenoxy) is 1. The SMILES string of the molecule is COC(=O)CCCn1c(C(C)C)nc2sc(-c3ccccc3)cc2c1=O. The number of carbonyl (C=O) groups excluding carboxylic acids is 1. The van der Waals surface area contributed by atoms with Gasteiger partial charge in [0.1, 0.15) is 10.7 Å². The first-order valence-corrected chi connectivity index (χ1v) is 9.49. The molecular formula is C20H22N2O3S. The van der Waals surface area contributed by atoms with Crippen molar-refractivity contribution in [1.82, 2.24) is 9.55 Å². The first-order valence-electron chi connectivity index (χ1n) is 8.67. The van der Waals surface area contributed by atoms with Crippen LogP contribution in [0, 0.1) is 0 Å². The number of esters is 1. The van der Waals surface area contributed by atoms with E-state index < -0.39 is 0 Å². The molecule has 0 saturated carbocycles. The van der Waals surface area contributed by atoms with Crippen LogP contribution in [0.3, 0.4) is 0 Å². The Morgan fingerprint density at radius 3 is 2.65 bits per heavy atom. The second kappa shape index (κ2) is 7.83. The van der Waals surface area contributed by atoms with Crippen LogP contribution in [-0.2, 0) is 16.1 Å². The number of methoxy groups -OCH3 is 1. The first-order chi connectivity index (χ1) is 12.5. The van der Waals surface area contributed by atoms with Crippen LogP contribution in [0.15, 0.2) is 41.2 Å². The Balaban J connectivity index is 2.03. The Labute approximate surface area is 156 Å². The van der Waals surface area contributed by atoms with Crippen LogP contribution in [0.25, 0.3) is 20.7 Å². The van der Waals surface area contributed by atoms with E-state index in [4.69, 9.17) is 4.98 Å². The predicted molar refractivity (Wildman–Crippen MR) is 105 cm³/mol. The molecule has 26 heavy (non-hydrogen) atoms. The van der Waals surface area contributed by atoms with Crippen molar-refractivity contribution >= 4 is 27.5 Å². The molecule has 0 bridgehead atoms. The average molecular weight is 370 g/mol. The topological polar surface area (TPSA) is 61.2 Å². The predicted octanol–water partition coefficient (Wildman–Crippen LogP) is 4.20. The third-order valence-electron chi connectivity index (χ3n) is 4.25. The molecule has 0 N–H and O–H groups in total. The molecule has 3 aromatic rings. The van der Waals surface area contributed by atoms with Gasteiger partial charge in [0.05, 0.1) is 12.5 Å². The normalized spacial score (nSPS) is 11.2. The van der Waals surface area contributed by atoms with Gasteiger partial charge in [-0.15, -0.1) is 11.3 Å². The monoisotopic (exact) mass is 370 g/mol. The van der Waals surface area contributed by atoms with E-state index in [0.717, 1.165) is 21.1 Å². The maximum absolute atomic E-state index is 13.1. The van der Waals surface area contributed by atoms with Crippen molar-refractivity contribution in [3.8, 4) is 10.4 Å². The zero-order valence-electron chi connectivity index (χ0n) is 15.2. The molecule has 0 spiro atoms. The molecule has 0 amide bonds. The summed E-state index contributed by atoms with van der Waals surface area (Å²) in [6.07, 6.45) is 0.840. The number of fused-ring (bicyclic) bond motifs is 1. The molecule has 0 aliphatic heterocycles. The number of thiophene rings is 1. The Kier molecular flexibility index (Phi) is 5.52. The molecule has 0 radical (unpaired) electrons. The summed E-state index contributed by atoms with van der Waals surface area (Å²) in [6, 6.07) is 11.9. The average Bonchev–Trinajstić information content (AvgIpc) is 3.08. The number of nitrogens with zero attached hydrogens (tertiary/aromatic N) is 2. The van der Waals surface area contributed by atoms with Crippen molar-refractivity contribution in [3.05, 3.63) is 52.6 Å². The summed E-state index contributed by atoms with van der Waals surface area (Å²) in [6.45, 7) is 4.51. The summed E-state index contributed by atoms with van der Waals surface area (Å²) in [5.74, 6) is 0.612. The van der Waals surface area contributed by atoms with E-state index in [9.17, 15) is 9.59 Å². The van der Waals surface area contributed by atoms with Gasteiger partial charge in [0.15, 0.2) is 0 Å². The summed E-state index contributed by atoms with van der Waals surface area (Å²) >= 11 is 1.54. The van der Waals surface area contributed by atoms with Gasteiger partial charge in [-0.25, -0.2) is 4.98 Å². The highest BCUT2D eigenvalue weighted by Crippen LogP contribution is 2.31. The summed E-state index contributed by atoms with van der Waals surface area (Å²) in [5, 5.41) is 0.635. The highest BCUT2D eigenvalue weighted by Gasteiger charge is 2.17. The van der Waals surface area contributed by atoms with E-state index in [0.29, 0.717) is 18.4 Å². The highest BCUT2D eigenvalue weighted by atomic mass is 32.1. The fraction of sp³-hybridized carbons (Fsp3) is 0.350. The quantitative estimate of drug-likeness (QED) is 0.610. The maximum atomic E-state index is 13.1. The number of aromatic nitrogens is 2. The standard InChI is InChI=1S/C20H22N2O3S/c1-13(2)18-21-19-15(12-16(26-19)14-8-5-4-6-9-14)20(24)22(18)11-7-10-17(23)25-3/h4-6,8-9,12-13H,7,10-11H2,1-3H3. The molecule has 3 rings (SSSR count). The molecule has 0 atom stereocenters. The van der Waals surface area contributed by atoms with Gasteiger partial charge in [0, 0.05) is 23.8 Å². The number of hydrogen-bond donors (Lipinski definition) is 0. The van der Waals surface area contributed by atoms with Crippen LogP contribution in [0.5, 0.6) is 0 Å². The number of benzene rings is 1. The van der Waals surface area contributed by atoms with E-state index in [1.807, 2.05) is 50.2 Å². The van der Waals surface area contributed by atoms with Crippen LogP contribution in [0.4, 0.5) is 0 Å². The van der Waals surface area contributed by atoms with Crippen molar-refractivity contribution in [3.63, 3.8) is 0 Å². The van der Waals surface area contributed by atoms with Gasteiger partial charge >= 0.3 is 5.97 Å². The number of rotatable bonds is 6. The van der Waals surface area contributed by atoms with Gasteiger partial charge in [-0.3, -0.25) is 14.2 Å². The molecule has 6 heteroatoms. The lowest BCUT2D eigenvalue weighted by Gasteiger charge is -2.14. The molecule has 0 aliphatic carbocycles.